The molecule has 1 atom stereocenters. The SMILES string of the molecule is Cc1ccc(C(=O)CN(C)C(C)Cc2cccs2)c(C)c1. The van der Waals surface area contributed by atoms with Crippen molar-refractivity contribution in [3.63, 3.8) is 0 Å². The highest BCUT2D eigenvalue weighted by Crippen LogP contribution is 2.15. The third-order valence-corrected chi connectivity index (χ3v) is 4.80. The van der Waals surface area contributed by atoms with Crippen LogP contribution in [0.5, 0.6) is 0 Å². The molecule has 0 saturated carbocycles. The van der Waals surface area contributed by atoms with E-state index < -0.39 is 0 Å². The minimum atomic E-state index is 0.202. The molecule has 1 aromatic carbocycles. The number of rotatable bonds is 6. The molecule has 3 heteroatoms. The maximum Gasteiger partial charge on any atom is 0.177 e. The van der Waals surface area contributed by atoms with Gasteiger partial charge in [0.15, 0.2) is 5.78 Å². The van der Waals surface area contributed by atoms with Crippen LogP contribution in [0.4, 0.5) is 0 Å². The van der Waals surface area contributed by atoms with Gasteiger partial charge in [-0.3, -0.25) is 9.69 Å². The van der Waals surface area contributed by atoms with Gasteiger partial charge in [0.05, 0.1) is 6.54 Å². The number of hydrogen-bond donors (Lipinski definition) is 0. The Hall–Kier alpha value is -1.45. The van der Waals surface area contributed by atoms with Crippen LogP contribution < -0.4 is 0 Å². The molecule has 21 heavy (non-hydrogen) atoms. The van der Waals surface area contributed by atoms with E-state index in [-0.39, 0.29) is 5.78 Å². The van der Waals surface area contributed by atoms with Gasteiger partial charge >= 0.3 is 0 Å². The number of carbonyl (C=O) groups excluding carboxylic acids is 1. The van der Waals surface area contributed by atoms with E-state index in [1.807, 2.05) is 26.1 Å². The number of aryl methyl sites for hydroxylation is 2. The van der Waals surface area contributed by atoms with Crippen LogP contribution in [-0.2, 0) is 6.42 Å². The molecule has 0 saturated heterocycles. The summed E-state index contributed by atoms with van der Waals surface area (Å²) < 4.78 is 0. The molecular weight excluding hydrogens is 278 g/mol. The first kappa shape index (κ1) is 15.9. The number of likely N-dealkylation sites (N-methyl/N-ethyl adjacent to an activating group) is 1. The lowest BCUT2D eigenvalue weighted by Crippen LogP contribution is -2.35. The van der Waals surface area contributed by atoms with E-state index in [1.54, 1.807) is 11.3 Å². The summed E-state index contributed by atoms with van der Waals surface area (Å²) in [6, 6.07) is 10.6. The Bertz CT molecular complexity index is 604. The number of carbonyl (C=O) groups is 1. The zero-order valence-electron chi connectivity index (χ0n) is 13.2. The van der Waals surface area contributed by atoms with Crippen LogP contribution in [0.3, 0.4) is 0 Å². The van der Waals surface area contributed by atoms with Crippen molar-refractivity contribution in [1.29, 1.82) is 0 Å². The minimum absolute atomic E-state index is 0.202. The Morgan fingerprint density at radius 2 is 2.05 bits per heavy atom. The fraction of sp³-hybridized carbons (Fsp3) is 0.389. The average Bonchev–Trinajstić information content (AvgIpc) is 2.91. The molecule has 0 radical (unpaired) electrons. The highest BCUT2D eigenvalue weighted by molar-refractivity contribution is 7.09. The predicted molar refractivity (Wildman–Crippen MR) is 90.4 cm³/mol. The first-order chi connectivity index (χ1) is 9.97. The van der Waals surface area contributed by atoms with Gasteiger partial charge in [0.1, 0.15) is 0 Å². The molecule has 0 aliphatic rings. The van der Waals surface area contributed by atoms with Crippen LogP contribution >= 0.6 is 11.3 Å². The van der Waals surface area contributed by atoms with Gasteiger partial charge in [-0.25, -0.2) is 0 Å². The molecule has 0 amide bonds. The lowest BCUT2D eigenvalue weighted by atomic mass is 10.0. The summed E-state index contributed by atoms with van der Waals surface area (Å²) in [6.45, 7) is 6.71. The smallest absolute Gasteiger partial charge is 0.177 e. The van der Waals surface area contributed by atoms with Crippen molar-refractivity contribution < 1.29 is 4.79 Å². The van der Waals surface area contributed by atoms with Gasteiger partial charge in [-0.1, -0.05) is 29.8 Å². The van der Waals surface area contributed by atoms with E-state index >= 15 is 0 Å². The molecule has 2 aromatic rings. The molecule has 1 heterocycles. The molecule has 0 bridgehead atoms. The number of thiophene rings is 1. The van der Waals surface area contributed by atoms with Gasteiger partial charge in [-0.05, 0) is 51.2 Å². The summed E-state index contributed by atoms with van der Waals surface area (Å²) in [7, 11) is 2.03. The highest BCUT2D eigenvalue weighted by Gasteiger charge is 2.16. The Balaban J connectivity index is 1.98. The quantitative estimate of drug-likeness (QED) is 0.748. The third-order valence-electron chi connectivity index (χ3n) is 3.90. The predicted octanol–water partition coefficient (Wildman–Crippen LogP) is 4.11. The van der Waals surface area contributed by atoms with Crippen LogP contribution in [0, 0.1) is 13.8 Å². The number of Topliss-reactive ketones (excluding diaryl/α,β-unsaturated/α-hetero) is 1. The average molecular weight is 301 g/mol. The maximum absolute atomic E-state index is 12.5. The highest BCUT2D eigenvalue weighted by atomic mass is 32.1. The molecule has 0 N–H and O–H groups in total. The minimum Gasteiger partial charge on any atom is -0.296 e. The monoisotopic (exact) mass is 301 g/mol. The van der Waals surface area contributed by atoms with Crippen LogP contribution in [0.2, 0.25) is 0 Å². The number of ketones is 1. The van der Waals surface area contributed by atoms with Gasteiger partial charge < -0.3 is 0 Å². The first-order valence-electron chi connectivity index (χ1n) is 7.30. The van der Waals surface area contributed by atoms with Gasteiger partial charge in [0.2, 0.25) is 0 Å². The fourth-order valence-corrected chi connectivity index (χ4v) is 3.30. The van der Waals surface area contributed by atoms with E-state index in [0.29, 0.717) is 12.6 Å². The molecule has 1 aromatic heterocycles. The number of hydrogen-bond acceptors (Lipinski definition) is 3. The van der Waals surface area contributed by atoms with E-state index in [2.05, 4.69) is 42.3 Å². The van der Waals surface area contributed by atoms with E-state index in [1.165, 1.54) is 10.4 Å². The fourth-order valence-electron chi connectivity index (χ4n) is 2.47. The van der Waals surface area contributed by atoms with Crippen LogP contribution in [0.15, 0.2) is 35.7 Å². The summed E-state index contributed by atoms with van der Waals surface area (Å²) in [5.74, 6) is 0.202. The summed E-state index contributed by atoms with van der Waals surface area (Å²) in [5, 5.41) is 2.10. The van der Waals surface area contributed by atoms with E-state index in [4.69, 9.17) is 0 Å². The molecule has 0 aliphatic carbocycles. The largest absolute Gasteiger partial charge is 0.296 e. The third kappa shape index (κ3) is 4.26. The summed E-state index contributed by atoms with van der Waals surface area (Å²) in [5.41, 5.74) is 3.11. The van der Waals surface area contributed by atoms with Crippen molar-refractivity contribution in [2.75, 3.05) is 13.6 Å². The van der Waals surface area contributed by atoms with Crippen LogP contribution in [-0.4, -0.2) is 30.3 Å². The number of nitrogens with zero attached hydrogens (tertiary/aromatic N) is 1. The molecule has 2 rings (SSSR count). The topological polar surface area (TPSA) is 20.3 Å². The Morgan fingerprint density at radius 3 is 2.67 bits per heavy atom. The second-order valence-corrected chi connectivity index (χ2v) is 6.82. The second kappa shape index (κ2) is 7.01. The van der Waals surface area contributed by atoms with E-state index in [9.17, 15) is 4.79 Å². The van der Waals surface area contributed by atoms with Gasteiger partial charge in [0.25, 0.3) is 0 Å². The molecule has 0 fully saturated rings. The van der Waals surface area contributed by atoms with Crippen molar-refractivity contribution in [3.8, 4) is 0 Å². The van der Waals surface area contributed by atoms with Crippen molar-refractivity contribution in [3.05, 3.63) is 57.3 Å². The Morgan fingerprint density at radius 1 is 1.29 bits per heavy atom. The lowest BCUT2D eigenvalue weighted by molar-refractivity contribution is 0.0924. The van der Waals surface area contributed by atoms with Crippen molar-refractivity contribution in [1.82, 2.24) is 4.90 Å². The van der Waals surface area contributed by atoms with Crippen molar-refractivity contribution >= 4 is 17.1 Å². The van der Waals surface area contributed by atoms with Crippen molar-refractivity contribution in [2.24, 2.45) is 0 Å². The summed E-state index contributed by atoms with van der Waals surface area (Å²) in [4.78, 5) is 16.0. The van der Waals surface area contributed by atoms with Gasteiger partial charge in [0, 0.05) is 16.5 Å². The van der Waals surface area contributed by atoms with E-state index in [0.717, 1.165) is 17.5 Å². The van der Waals surface area contributed by atoms with Gasteiger partial charge in [-0.2, -0.15) is 0 Å². The van der Waals surface area contributed by atoms with Gasteiger partial charge in [-0.15, -0.1) is 11.3 Å². The van der Waals surface area contributed by atoms with Crippen LogP contribution in [0.25, 0.3) is 0 Å². The molecule has 1 unspecified atom stereocenters. The van der Waals surface area contributed by atoms with Crippen molar-refractivity contribution in [2.45, 2.75) is 33.2 Å². The Labute approximate surface area is 131 Å². The number of benzene rings is 1. The lowest BCUT2D eigenvalue weighted by Gasteiger charge is -2.24. The zero-order chi connectivity index (χ0) is 15.4. The summed E-state index contributed by atoms with van der Waals surface area (Å²) >= 11 is 1.78. The van der Waals surface area contributed by atoms with Crippen LogP contribution in [0.1, 0.15) is 33.3 Å². The molecule has 2 nitrogen and oxygen atoms in total. The maximum atomic E-state index is 12.5. The first-order valence-corrected chi connectivity index (χ1v) is 8.18. The normalized spacial score (nSPS) is 12.6. The Kier molecular flexibility index (Phi) is 5.32. The molecule has 0 spiro atoms. The second-order valence-electron chi connectivity index (χ2n) is 5.79. The molecular formula is C18H23NOS. The molecule has 0 aliphatic heterocycles. The molecule has 112 valence electrons. The summed E-state index contributed by atoms with van der Waals surface area (Å²) in [6.07, 6.45) is 0.994. The zero-order valence-corrected chi connectivity index (χ0v) is 14.0. The standard InChI is InChI=1S/C18H23NOS/c1-13-7-8-17(14(2)10-13)18(20)12-19(4)15(3)11-16-6-5-9-21-16/h5-10,15H,11-12H2,1-4H3.